The van der Waals surface area contributed by atoms with Crippen molar-refractivity contribution < 1.29 is 13.9 Å². The highest BCUT2D eigenvalue weighted by Gasteiger charge is 2.45. The maximum atomic E-state index is 13.9. The average Bonchev–Trinajstić information content (AvgIpc) is 3.15. The minimum atomic E-state index is -2.85. The largest absolute Gasteiger partial charge is 0.394 e. The summed E-state index contributed by atoms with van der Waals surface area (Å²) in [7, 11) is 0. The molecule has 0 aliphatic carbocycles. The van der Waals surface area contributed by atoms with Crippen molar-refractivity contribution in [2.75, 3.05) is 23.8 Å². The lowest BCUT2D eigenvalue weighted by Crippen LogP contribution is -2.32. The number of nitrogens with two attached hydrogens (primary N) is 1. The first-order chi connectivity index (χ1) is 12.0. The Labute approximate surface area is 141 Å². The number of anilines is 2. The first kappa shape index (κ1) is 15.7. The number of rotatable bonds is 3. The number of aliphatic hydroxyl groups is 1. The van der Waals surface area contributed by atoms with Gasteiger partial charge in [-0.2, -0.15) is 0 Å². The van der Waals surface area contributed by atoms with Gasteiger partial charge in [-0.1, -0.05) is 0 Å². The lowest BCUT2D eigenvalue weighted by molar-refractivity contribution is 0.0201. The number of nitrogens with zero attached hydrogens (tertiary/aromatic N) is 4. The number of fused-ring (bicyclic) bond motifs is 1. The molecule has 0 radical (unpaired) electrons. The van der Waals surface area contributed by atoms with Gasteiger partial charge in [-0.25, -0.2) is 23.7 Å². The number of H-pyrrole nitrogens is 1. The van der Waals surface area contributed by atoms with Gasteiger partial charge in [0, 0.05) is 30.6 Å². The number of aliphatic hydroxyl groups excluding tert-OH is 1. The maximum absolute atomic E-state index is 13.9. The SMILES string of the molecule is Nc1nccc(-c2c[nH]c3nccc(N4CC(F)(F)C[C@H]4CO)c23)n1. The van der Waals surface area contributed by atoms with Crippen LogP contribution >= 0.6 is 0 Å². The standard InChI is InChI=1S/C16H16F2N6O/c17-16(18)5-9(7-25)24(8-16)12-2-4-20-14-13(12)10(6-22-14)11-1-3-21-15(19)23-11/h1-4,6,9,25H,5,7-8H2,(H,20,22)(H2,19,21,23)/t9-/m0/s1. The number of hydrogen-bond donors (Lipinski definition) is 3. The van der Waals surface area contributed by atoms with Crippen LogP contribution in [-0.4, -0.2) is 50.2 Å². The third kappa shape index (κ3) is 2.66. The fourth-order valence-corrected chi connectivity index (χ4v) is 3.35. The summed E-state index contributed by atoms with van der Waals surface area (Å²) in [5.41, 5.74) is 8.05. The molecular formula is C16H16F2N6O. The van der Waals surface area contributed by atoms with E-state index in [1.807, 2.05) is 0 Å². The van der Waals surface area contributed by atoms with E-state index < -0.39 is 18.5 Å². The normalized spacial score (nSPS) is 19.6. The summed E-state index contributed by atoms with van der Waals surface area (Å²) in [4.78, 5) is 16.9. The molecule has 4 N–H and O–H groups in total. The Morgan fingerprint density at radius 3 is 2.88 bits per heavy atom. The molecule has 0 amide bonds. The molecule has 4 heterocycles. The topological polar surface area (TPSA) is 104 Å². The number of aromatic amines is 1. The summed E-state index contributed by atoms with van der Waals surface area (Å²) in [6, 6.07) is 2.71. The van der Waals surface area contributed by atoms with Crippen LogP contribution in [0.25, 0.3) is 22.3 Å². The van der Waals surface area contributed by atoms with E-state index in [1.165, 1.54) is 11.1 Å². The van der Waals surface area contributed by atoms with Crippen molar-refractivity contribution in [3.05, 3.63) is 30.7 Å². The number of aromatic nitrogens is 4. The quantitative estimate of drug-likeness (QED) is 0.668. The molecule has 0 saturated carbocycles. The van der Waals surface area contributed by atoms with E-state index >= 15 is 0 Å². The first-order valence-electron chi connectivity index (χ1n) is 7.79. The van der Waals surface area contributed by atoms with Crippen molar-refractivity contribution in [3.63, 3.8) is 0 Å². The molecule has 4 rings (SSSR count). The van der Waals surface area contributed by atoms with Crippen LogP contribution in [0.2, 0.25) is 0 Å². The number of alkyl halides is 2. The van der Waals surface area contributed by atoms with Crippen LogP contribution < -0.4 is 10.6 Å². The molecular weight excluding hydrogens is 330 g/mol. The van der Waals surface area contributed by atoms with Gasteiger partial charge in [0.05, 0.1) is 36.0 Å². The predicted octanol–water partition coefficient (Wildman–Crippen LogP) is 1.81. The molecule has 130 valence electrons. The van der Waals surface area contributed by atoms with E-state index in [0.29, 0.717) is 28.0 Å². The second kappa shape index (κ2) is 5.62. The predicted molar refractivity (Wildman–Crippen MR) is 89.3 cm³/mol. The van der Waals surface area contributed by atoms with Crippen LogP contribution in [-0.2, 0) is 0 Å². The molecule has 3 aromatic heterocycles. The monoisotopic (exact) mass is 346 g/mol. The van der Waals surface area contributed by atoms with Crippen molar-refractivity contribution in [2.45, 2.75) is 18.4 Å². The summed E-state index contributed by atoms with van der Waals surface area (Å²) >= 11 is 0. The van der Waals surface area contributed by atoms with Crippen LogP contribution in [0, 0.1) is 0 Å². The van der Waals surface area contributed by atoms with Crippen LogP contribution in [0.3, 0.4) is 0 Å². The molecule has 1 aliphatic rings. The van der Waals surface area contributed by atoms with Crippen LogP contribution in [0.15, 0.2) is 30.7 Å². The van der Waals surface area contributed by atoms with Crippen molar-refractivity contribution in [1.82, 2.24) is 19.9 Å². The molecule has 3 aromatic rings. The van der Waals surface area contributed by atoms with E-state index in [-0.39, 0.29) is 19.0 Å². The van der Waals surface area contributed by atoms with E-state index in [4.69, 9.17) is 5.73 Å². The third-order valence-corrected chi connectivity index (χ3v) is 4.40. The van der Waals surface area contributed by atoms with Crippen LogP contribution in [0.1, 0.15) is 6.42 Å². The van der Waals surface area contributed by atoms with Gasteiger partial charge < -0.3 is 20.7 Å². The molecule has 0 spiro atoms. The lowest BCUT2D eigenvalue weighted by atomic mass is 10.1. The van der Waals surface area contributed by atoms with E-state index in [1.54, 1.807) is 24.5 Å². The van der Waals surface area contributed by atoms with Gasteiger partial charge in [0.2, 0.25) is 5.95 Å². The molecule has 0 aromatic carbocycles. The molecule has 0 unspecified atom stereocenters. The fourth-order valence-electron chi connectivity index (χ4n) is 3.35. The molecule has 1 fully saturated rings. The molecule has 1 aliphatic heterocycles. The molecule has 7 nitrogen and oxygen atoms in total. The van der Waals surface area contributed by atoms with Gasteiger partial charge >= 0.3 is 0 Å². The highest BCUT2D eigenvalue weighted by Crippen LogP contribution is 2.40. The zero-order valence-corrected chi connectivity index (χ0v) is 13.2. The Balaban J connectivity index is 1.89. The van der Waals surface area contributed by atoms with Gasteiger partial charge in [-0.15, -0.1) is 0 Å². The Bertz CT molecular complexity index is 928. The second-order valence-corrected chi connectivity index (χ2v) is 6.08. The zero-order chi connectivity index (χ0) is 17.6. The first-order valence-corrected chi connectivity index (χ1v) is 7.79. The Morgan fingerprint density at radius 1 is 1.32 bits per heavy atom. The Kier molecular flexibility index (Phi) is 3.53. The summed E-state index contributed by atoms with van der Waals surface area (Å²) in [6.07, 6.45) is 4.42. The van der Waals surface area contributed by atoms with Gasteiger partial charge in [0.15, 0.2) is 0 Å². The van der Waals surface area contributed by atoms with Crippen molar-refractivity contribution >= 4 is 22.7 Å². The highest BCUT2D eigenvalue weighted by molar-refractivity contribution is 6.02. The summed E-state index contributed by atoms with van der Waals surface area (Å²) in [6.45, 7) is -0.798. The zero-order valence-electron chi connectivity index (χ0n) is 13.2. The minimum absolute atomic E-state index is 0.123. The lowest BCUT2D eigenvalue weighted by Gasteiger charge is -2.25. The third-order valence-electron chi connectivity index (χ3n) is 4.40. The van der Waals surface area contributed by atoms with Crippen LogP contribution in [0.4, 0.5) is 20.4 Å². The maximum Gasteiger partial charge on any atom is 0.267 e. The van der Waals surface area contributed by atoms with Gasteiger partial charge in [0.1, 0.15) is 5.65 Å². The smallest absolute Gasteiger partial charge is 0.267 e. The molecule has 25 heavy (non-hydrogen) atoms. The fraction of sp³-hybridized carbons (Fsp3) is 0.312. The van der Waals surface area contributed by atoms with Crippen molar-refractivity contribution in [2.24, 2.45) is 0 Å². The van der Waals surface area contributed by atoms with Crippen LogP contribution in [0.5, 0.6) is 0 Å². The summed E-state index contributed by atoms with van der Waals surface area (Å²) in [5.74, 6) is -2.73. The summed E-state index contributed by atoms with van der Waals surface area (Å²) < 4.78 is 27.8. The Morgan fingerprint density at radius 2 is 2.12 bits per heavy atom. The van der Waals surface area contributed by atoms with Crippen molar-refractivity contribution in [3.8, 4) is 11.3 Å². The van der Waals surface area contributed by atoms with E-state index in [0.717, 1.165) is 0 Å². The number of nitrogens with one attached hydrogen (secondary N) is 1. The molecule has 9 heteroatoms. The number of hydrogen-bond acceptors (Lipinski definition) is 6. The highest BCUT2D eigenvalue weighted by atomic mass is 19.3. The van der Waals surface area contributed by atoms with Gasteiger partial charge in [-0.05, 0) is 12.1 Å². The molecule has 1 atom stereocenters. The number of nitrogen functional groups attached to an aromatic ring is 1. The van der Waals surface area contributed by atoms with Crippen molar-refractivity contribution in [1.29, 1.82) is 0 Å². The van der Waals surface area contributed by atoms with E-state index in [9.17, 15) is 13.9 Å². The van der Waals surface area contributed by atoms with Gasteiger partial charge in [0.25, 0.3) is 5.92 Å². The molecule has 0 bridgehead atoms. The van der Waals surface area contributed by atoms with E-state index in [2.05, 4.69) is 19.9 Å². The summed E-state index contributed by atoms with van der Waals surface area (Å²) in [5, 5.41) is 10.2. The molecule has 1 saturated heterocycles. The average molecular weight is 346 g/mol. The number of halogens is 2. The minimum Gasteiger partial charge on any atom is -0.394 e. The van der Waals surface area contributed by atoms with Gasteiger partial charge in [-0.3, -0.25) is 0 Å². The second-order valence-electron chi connectivity index (χ2n) is 6.08. The Hall–Kier alpha value is -2.81. The number of pyridine rings is 1.